The van der Waals surface area contributed by atoms with Gasteiger partial charge in [-0.25, -0.2) is 0 Å². The van der Waals surface area contributed by atoms with Crippen LogP contribution in [-0.2, 0) is 11.3 Å². The van der Waals surface area contributed by atoms with E-state index in [2.05, 4.69) is 28.1 Å². The maximum atomic E-state index is 12.2. The number of anilines is 1. The van der Waals surface area contributed by atoms with Crippen LogP contribution in [0.2, 0.25) is 0 Å². The molecular weight excluding hydrogens is 344 g/mol. The molecule has 2 aromatic carbocycles. The second kappa shape index (κ2) is 6.02. The molecule has 0 saturated heterocycles. The van der Waals surface area contributed by atoms with Gasteiger partial charge in [-0.1, -0.05) is 36.4 Å². The number of hydrogen-bond acceptors (Lipinski definition) is 2. The van der Waals surface area contributed by atoms with E-state index in [1.54, 1.807) is 17.0 Å². The maximum absolute atomic E-state index is 12.2. The number of para-hydroxylation sites is 1. The molecule has 2 aromatic rings. The molecule has 0 aliphatic carbocycles. The van der Waals surface area contributed by atoms with Gasteiger partial charge in [-0.2, -0.15) is 0 Å². The summed E-state index contributed by atoms with van der Waals surface area (Å²) in [7, 11) is 2.01. The van der Waals surface area contributed by atoms with Gasteiger partial charge in [0, 0.05) is 10.0 Å². The van der Waals surface area contributed by atoms with Crippen molar-refractivity contribution < 1.29 is 14.5 Å². The van der Waals surface area contributed by atoms with Crippen molar-refractivity contribution in [2.75, 3.05) is 18.6 Å². The second-order valence-corrected chi connectivity index (χ2v) is 6.33. The van der Waals surface area contributed by atoms with Crippen LogP contribution in [0.4, 0.5) is 5.69 Å². The molecule has 1 amide bonds. The van der Waals surface area contributed by atoms with Gasteiger partial charge in [0.1, 0.15) is 6.54 Å². The van der Waals surface area contributed by atoms with Crippen molar-refractivity contribution in [1.82, 2.24) is 0 Å². The first kappa shape index (κ1) is 14.9. The van der Waals surface area contributed by atoms with Crippen molar-refractivity contribution >= 4 is 33.3 Å². The minimum Gasteiger partial charge on any atom is -0.316 e. The van der Waals surface area contributed by atoms with E-state index in [4.69, 9.17) is 0 Å². The first-order valence-corrected chi connectivity index (χ1v) is 7.87. The SMILES string of the molecule is C[NH+](Cc1ccccc1)CN1C(=O)C(=O)c2cccc(Br)c21. The van der Waals surface area contributed by atoms with E-state index in [0.29, 0.717) is 17.9 Å². The molecule has 0 saturated carbocycles. The molecular formula is C17H16BrN2O2+. The van der Waals surface area contributed by atoms with E-state index < -0.39 is 11.7 Å². The van der Waals surface area contributed by atoms with Gasteiger partial charge in [0.15, 0.2) is 6.67 Å². The molecule has 4 nitrogen and oxygen atoms in total. The van der Waals surface area contributed by atoms with Crippen molar-refractivity contribution in [1.29, 1.82) is 0 Å². The normalized spacial score (nSPS) is 15.1. The molecule has 1 unspecified atom stereocenters. The number of carbonyl (C=O) groups is 2. The lowest BCUT2D eigenvalue weighted by Crippen LogP contribution is -3.09. The quantitative estimate of drug-likeness (QED) is 0.843. The van der Waals surface area contributed by atoms with Gasteiger partial charge >= 0.3 is 5.91 Å². The summed E-state index contributed by atoms with van der Waals surface area (Å²) in [5, 5.41) is 0. The molecule has 112 valence electrons. The minimum absolute atomic E-state index is 0.427. The standard InChI is InChI=1S/C17H15BrN2O2/c1-19(10-12-6-3-2-4-7-12)11-20-15-13(16(21)17(20)22)8-5-9-14(15)18/h2-9H,10-11H2,1H3/p+1. The third kappa shape index (κ3) is 2.69. The van der Waals surface area contributed by atoms with Crippen molar-refractivity contribution in [2.45, 2.75) is 6.54 Å². The molecule has 0 bridgehead atoms. The number of benzene rings is 2. The van der Waals surface area contributed by atoms with Crippen LogP contribution in [0, 0.1) is 0 Å². The predicted octanol–water partition coefficient (Wildman–Crippen LogP) is 1.65. The molecule has 3 rings (SSSR count). The summed E-state index contributed by atoms with van der Waals surface area (Å²) in [5.74, 6) is -0.877. The maximum Gasteiger partial charge on any atom is 0.303 e. The van der Waals surface area contributed by atoms with Gasteiger partial charge in [0.05, 0.1) is 18.3 Å². The Hall–Kier alpha value is -1.98. The summed E-state index contributed by atoms with van der Waals surface area (Å²) in [4.78, 5) is 27.0. The molecule has 1 aliphatic rings. The number of ketones is 1. The van der Waals surface area contributed by atoms with Gasteiger partial charge in [-0.15, -0.1) is 0 Å². The molecule has 0 radical (unpaired) electrons. The van der Waals surface area contributed by atoms with Crippen LogP contribution >= 0.6 is 15.9 Å². The van der Waals surface area contributed by atoms with Gasteiger partial charge in [0.25, 0.3) is 5.78 Å². The lowest BCUT2D eigenvalue weighted by molar-refractivity contribution is -0.892. The number of Topliss-reactive ketones (excluding diaryl/α,β-unsaturated/α-hetero) is 1. The highest BCUT2D eigenvalue weighted by Crippen LogP contribution is 2.35. The molecule has 1 atom stereocenters. The van der Waals surface area contributed by atoms with Crippen molar-refractivity contribution in [3.63, 3.8) is 0 Å². The van der Waals surface area contributed by atoms with E-state index >= 15 is 0 Å². The van der Waals surface area contributed by atoms with E-state index in [-0.39, 0.29) is 0 Å². The topological polar surface area (TPSA) is 41.8 Å². The summed E-state index contributed by atoms with van der Waals surface area (Å²) in [5.41, 5.74) is 2.36. The van der Waals surface area contributed by atoms with E-state index in [1.807, 2.05) is 31.3 Å². The Morgan fingerprint density at radius 3 is 2.50 bits per heavy atom. The van der Waals surface area contributed by atoms with Crippen LogP contribution in [-0.4, -0.2) is 25.4 Å². The molecule has 5 heteroatoms. The summed E-state index contributed by atoms with van der Waals surface area (Å²) >= 11 is 3.44. The van der Waals surface area contributed by atoms with Crippen LogP contribution in [0.25, 0.3) is 0 Å². The molecule has 0 fully saturated rings. The smallest absolute Gasteiger partial charge is 0.303 e. The third-order valence-electron chi connectivity index (χ3n) is 3.72. The van der Waals surface area contributed by atoms with Gasteiger partial charge in [-0.05, 0) is 28.1 Å². The largest absolute Gasteiger partial charge is 0.316 e. The first-order chi connectivity index (χ1) is 10.6. The zero-order chi connectivity index (χ0) is 15.7. The van der Waals surface area contributed by atoms with Gasteiger partial charge in [0.2, 0.25) is 0 Å². The van der Waals surface area contributed by atoms with Gasteiger partial charge in [-0.3, -0.25) is 14.5 Å². The lowest BCUT2D eigenvalue weighted by atomic mass is 10.1. The highest BCUT2D eigenvalue weighted by molar-refractivity contribution is 9.10. The average molecular weight is 360 g/mol. The number of quaternary nitrogens is 1. The zero-order valence-corrected chi connectivity index (χ0v) is 13.8. The number of fused-ring (bicyclic) bond motifs is 1. The fraction of sp³-hybridized carbons (Fsp3) is 0.176. The van der Waals surface area contributed by atoms with Crippen molar-refractivity contribution in [3.8, 4) is 0 Å². The molecule has 1 heterocycles. The lowest BCUT2D eigenvalue weighted by Gasteiger charge is -2.22. The van der Waals surface area contributed by atoms with Crippen LogP contribution in [0.3, 0.4) is 0 Å². The van der Waals surface area contributed by atoms with Crippen molar-refractivity contribution in [3.05, 3.63) is 64.1 Å². The number of nitrogens with zero attached hydrogens (tertiary/aromatic N) is 1. The fourth-order valence-electron chi connectivity index (χ4n) is 2.73. The molecule has 1 N–H and O–H groups in total. The zero-order valence-electron chi connectivity index (χ0n) is 12.2. The molecule has 0 spiro atoms. The van der Waals surface area contributed by atoms with Crippen LogP contribution in [0.1, 0.15) is 15.9 Å². The number of rotatable bonds is 4. The number of nitrogens with one attached hydrogen (secondary N) is 1. The predicted molar refractivity (Wildman–Crippen MR) is 87.9 cm³/mol. The third-order valence-corrected chi connectivity index (χ3v) is 4.36. The highest BCUT2D eigenvalue weighted by atomic mass is 79.9. The number of halogens is 1. The molecule has 22 heavy (non-hydrogen) atoms. The monoisotopic (exact) mass is 359 g/mol. The van der Waals surface area contributed by atoms with Gasteiger partial charge < -0.3 is 4.90 Å². The van der Waals surface area contributed by atoms with E-state index in [9.17, 15) is 9.59 Å². The summed E-state index contributed by atoms with van der Waals surface area (Å²) in [6.07, 6.45) is 0. The van der Waals surface area contributed by atoms with E-state index in [1.165, 1.54) is 5.56 Å². The Bertz CT molecular complexity index is 731. The van der Waals surface area contributed by atoms with Crippen LogP contribution in [0.5, 0.6) is 0 Å². The highest BCUT2D eigenvalue weighted by Gasteiger charge is 2.38. The molecule has 0 aromatic heterocycles. The average Bonchev–Trinajstić information content (AvgIpc) is 2.75. The second-order valence-electron chi connectivity index (χ2n) is 5.48. The number of amides is 1. The van der Waals surface area contributed by atoms with Crippen LogP contribution < -0.4 is 9.80 Å². The minimum atomic E-state index is -0.450. The summed E-state index contributed by atoms with van der Waals surface area (Å²) in [6, 6.07) is 15.4. The van der Waals surface area contributed by atoms with Crippen LogP contribution in [0.15, 0.2) is 53.0 Å². The summed E-state index contributed by atoms with van der Waals surface area (Å²) in [6.45, 7) is 1.24. The fourth-order valence-corrected chi connectivity index (χ4v) is 3.31. The van der Waals surface area contributed by atoms with Crippen molar-refractivity contribution in [2.24, 2.45) is 0 Å². The van der Waals surface area contributed by atoms with E-state index in [0.717, 1.165) is 15.9 Å². The Kier molecular flexibility index (Phi) is 4.09. The Morgan fingerprint density at radius 1 is 1.05 bits per heavy atom. The Morgan fingerprint density at radius 2 is 1.77 bits per heavy atom. The Labute approximate surface area is 137 Å². The Balaban J connectivity index is 1.81. The number of carbonyl (C=O) groups excluding carboxylic acids is 2. The summed E-state index contributed by atoms with van der Waals surface area (Å²) < 4.78 is 0.775. The first-order valence-electron chi connectivity index (χ1n) is 7.08. The molecule has 1 aliphatic heterocycles. The number of hydrogen-bond donors (Lipinski definition) is 1.